The summed E-state index contributed by atoms with van der Waals surface area (Å²) in [6.07, 6.45) is 2.61. The molecule has 0 radical (unpaired) electrons. The molecule has 0 saturated heterocycles. The monoisotopic (exact) mass is 448 g/mol. The predicted octanol–water partition coefficient (Wildman–Crippen LogP) is 5.18. The molecule has 1 N–H and O–H groups in total. The predicted molar refractivity (Wildman–Crippen MR) is 127 cm³/mol. The molecule has 0 aliphatic rings. The van der Waals surface area contributed by atoms with Gasteiger partial charge in [0.15, 0.2) is 22.2 Å². The SMILES string of the molecule is C=CCn1c(SCC(=O)Nc2ccccc2CC)nnc1-c1cc2cccc(OC)c2o1. The highest BCUT2D eigenvalue weighted by Crippen LogP contribution is 2.34. The normalized spacial score (nSPS) is 10.9. The smallest absolute Gasteiger partial charge is 0.234 e. The van der Waals surface area contributed by atoms with Gasteiger partial charge in [0.2, 0.25) is 11.7 Å². The van der Waals surface area contributed by atoms with E-state index >= 15 is 0 Å². The number of furan rings is 1. The van der Waals surface area contributed by atoms with Crippen LogP contribution in [0, 0.1) is 0 Å². The average molecular weight is 449 g/mol. The Hall–Kier alpha value is -3.52. The summed E-state index contributed by atoms with van der Waals surface area (Å²) in [5.41, 5.74) is 2.59. The first-order chi connectivity index (χ1) is 15.6. The van der Waals surface area contributed by atoms with Crippen LogP contribution in [0.4, 0.5) is 5.69 Å². The van der Waals surface area contributed by atoms with E-state index in [0.29, 0.717) is 34.6 Å². The highest BCUT2D eigenvalue weighted by molar-refractivity contribution is 7.99. The maximum absolute atomic E-state index is 12.5. The fourth-order valence-corrected chi connectivity index (χ4v) is 4.19. The van der Waals surface area contributed by atoms with Crippen molar-refractivity contribution in [1.82, 2.24) is 14.8 Å². The number of nitrogens with one attached hydrogen (secondary N) is 1. The van der Waals surface area contributed by atoms with E-state index in [0.717, 1.165) is 23.1 Å². The lowest BCUT2D eigenvalue weighted by Gasteiger charge is -2.10. The number of carbonyl (C=O) groups excluding carboxylic acids is 1. The molecule has 0 saturated carbocycles. The molecule has 1 amide bonds. The molecule has 4 rings (SSSR count). The van der Waals surface area contributed by atoms with Crippen molar-refractivity contribution >= 4 is 34.3 Å². The lowest BCUT2D eigenvalue weighted by molar-refractivity contribution is -0.113. The highest BCUT2D eigenvalue weighted by Gasteiger charge is 2.19. The fraction of sp³-hybridized carbons (Fsp3) is 0.208. The van der Waals surface area contributed by atoms with E-state index in [1.54, 1.807) is 13.2 Å². The van der Waals surface area contributed by atoms with Gasteiger partial charge in [-0.05, 0) is 30.2 Å². The van der Waals surface area contributed by atoms with Crippen LogP contribution < -0.4 is 10.1 Å². The van der Waals surface area contributed by atoms with E-state index in [2.05, 4.69) is 29.0 Å². The van der Waals surface area contributed by atoms with E-state index in [1.807, 2.05) is 53.1 Å². The third kappa shape index (κ3) is 4.40. The molecular formula is C24H24N4O3S. The van der Waals surface area contributed by atoms with Gasteiger partial charge in [-0.1, -0.05) is 55.1 Å². The van der Waals surface area contributed by atoms with Crippen LogP contribution >= 0.6 is 11.8 Å². The zero-order valence-electron chi connectivity index (χ0n) is 18.0. The Morgan fingerprint density at radius 3 is 2.88 bits per heavy atom. The van der Waals surface area contributed by atoms with E-state index in [9.17, 15) is 4.79 Å². The molecule has 0 fully saturated rings. The van der Waals surface area contributed by atoms with Crippen molar-refractivity contribution in [2.24, 2.45) is 0 Å². The van der Waals surface area contributed by atoms with Gasteiger partial charge in [0.1, 0.15) is 0 Å². The van der Waals surface area contributed by atoms with E-state index in [4.69, 9.17) is 9.15 Å². The number of aromatic nitrogens is 3. The standard InChI is InChI=1S/C24H24N4O3S/c1-4-13-28-23(20-14-17-10-8-12-19(30-3)22(17)31-20)26-27-24(28)32-15-21(29)25-18-11-7-6-9-16(18)5-2/h4,6-12,14H,1,5,13,15H2,2-3H3,(H,25,29). The minimum Gasteiger partial charge on any atom is -0.493 e. The summed E-state index contributed by atoms with van der Waals surface area (Å²) in [5, 5.41) is 13.1. The van der Waals surface area contributed by atoms with Crippen molar-refractivity contribution in [2.75, 3.05) is 18.2 Å². The van der Waals surface area contributed by atoms with E-state index in [1.165, 1.54) is 11.8 Å². The van der Waals surface area contributed by atoms with Crippen LogP contribution in [0.5, 0.6) is 5.75 Å². The molecular weight excluding hydrogens is 424 g/mol. The summed E-state index contributed by atoms with van der Waals surface area (Å²) in [5.74, 6) is 1.91. The van der Waals surface area contributed by atoms with Gasteiger partial charge in [0.05, 0.1) is 12.9 Å². The molecule has 7 nitrogen and oxygen atoms in total. The van der Waals surface area contributed by atoms with Gasteiger partial charge in [0, 0.05) is 17.6 Å². The average Bonchev–Trinajstić information content (AvgIpc) is 3.42. The molecule has 2 aromatic heterocycles. The van der Waals surface area contributed by atoms with Gasteiger partial charge in [-0.25, -0.2) is 0 Å². The number of methoxy groups -OCH3 is 1. The highest BCUT2D eigenvalue weighted by atomic mass is 32.2. The molecule has 0 atom stereocenters. The minimum atomic E-state index is -0.0981. The third-order valence-corrected chi connectivity index (χ3v) is 5.95. The summed E-state index contributed by atoms with van der Waals surface area (Å²) < 4.78 is 13.3. The van der Waals surface area contributed by atoms with Crippen molar-refractivity contribution < 1.29 is 13.9 Å². The Kier molecular flexibility index (Phi) is 6.61. The molecule has 32 heavy (non-hydrogen) atoms. The van der Waals surface area contributed by atoms with Crippen LogP contribution in [0.2, 0.25) is 0 Å². The van der Waals surface area contributed by atoms with Crippen LogP contribution in [-0.4, -0.2) is 33.5 Å². The van der Waals surface area contributed by atoms with Crippen molar-refractivity contribution in [1.29, 1.82) is 0 Å². The van der Waals surface area contributed by atoms with Gasteiger partial charge < -0.3 is 14.5 Å². The number of para-hydroxylation sites is 2. The Labute approximate surface area is 190 Å². The number of hydrogen-bond donors (Lipinski definition) is 1. The number of fused-ring (bicyclic) bond motifs is 1. The zero-order valence-corrected chi connectivity index (χ0v) is 18.8. The number of allylic oxidation sites excluding steroid dienone is 1. The summed E-state index contributed by atoms with van der Waals surface area (Å²) in [4.78, 5) is 12.5. The maximum atomic E-state index is 12.5. The summed E-state index contributed by atoms with van der Waals surface area (Å²) >= 11 is 1.32. The zero-order chi connectivity index (χ0) is 22.5. The van der Waals surface area contributed by atoms with Crippen molar-refractivity contribution in [3.8, 4) is 17.3 Å². The Balaban J connectivity index is 1.55. The van der Waals surface area contributed by atoms with Crippen LogP contribution in [-0.2, 0) is 17.8 Å². The van der Waals surface area contributed by atoms with Crippen LogP contribution in [0.1, 0.15) is 12.5 Å². The van der Waals surface area contributed by atoms with Crippen molar-refractivity contribution in [2.45, 2.75) is 25.0 Å². The second kappa shape index (κ2) is 9.74. The first-order valence-corrected chi connectivity index (χ1v) is 11.2. The van der Waals surface area contributed by atoms with Crippen LogP contribution in [0.25, 0.3) is 22.6 Å². The summed E-state index contributed by atoms with van der Waals surface area (Å²) in [7, 11) is 1.61. The topological polar surface area (TPSA) is 82.2 Å². The first-order valence-electron chi connectivity index (χ1n) is 10.3. The molecule has 0 spiro atoms. The Morgan fingerprint density at radius 1 is 1.25 bits per heavy atom. The lowest BCUT2D eigenvalue weighted by Crippen LogP contribution is -2.15. The molecule has 2 heterocycles. The number of amides is 1. The molecule has 164 valence electrons. The number of anilines is 1. The maximum Gasteiger partial charge on any atom is 0.234 e. The van der Waals surface area contributed by atoms with Gasteiger partial charge in [0.25, 0.3) is 0 Å². The number of nitrogens with zero attached hydrogens (tertiary/aromatic N) is 3. The Bertz CT molecular complexity index is 1260. The van der Waals surface area contributed by atoms with Crippen LogP contribution in [0.3, 0.4) is 0 Å². The molecule has 2 aromatic carbocycles. The number of hydrogen-bond acceptors (Lipinski definition) is 6. The number of ether oxygens (including phenoxy) is 1. The van der Waals surface area contributed by atoms with Gasteiger partial charge >= 0.3 is 0 Å². The molecule has 0 unspecified atom stereocenters. The number of rotatable bonds is 9. The second-order valence-corrected chi connectivity index (χ2v) is 7.98. The lowest BCUT2D eigenvalue weighted by atomic mass is 10.1. The third-order valence-electron chi connectivity index (χ3n) is 4.98. The second-order valence-electron chi connectivity index (χ2n) is 7.04. The number of aryl methyl sites for hydroxylation is 1. The molecule has 0 aliphatic carbocycles. The largest absolute Gasteiger partial charge is 0.493 e. The quantitative estimate of drug-likeness (QED) is 0.281. The molecule has 0 aliphatic heterocycles. The van der Waals surface area contributed by atoms with E-state index in [-0.39, 0.29) is 11.7 Å². The first kappa shape index (κ1) is 21.7. The molecule has 8 heteroatoms. The summed E-state index contributed by atoms with van der Waals surface area (Å²) in [6.45, 7) is 6.38. The summed E-state index contributed by atoms with van der Waals surface area (Å²) in [6, 6.07) is 15.4. The van der Waals surface area contributed by atoms with Gasteiger partial charge in [-0.15, -0.1) is 16.8 Å². The number of benzene rings is 2. The van der Waals surface area contributed by atoms with Gasteiger partial charge in [-0.3, -0.25) is 9.36 Å². The Morgan fingerprint density at radius 2 is 2.09 bits per heavy atom. The van der Waals surface area contributed by atoms with Crippen LogP contribution in [0.15, 0.2) is 70.8 Å². The van der Waals surface area contributed by atoms with Crippen molar-refractivity contribution in [3.05, 3.63) is 66.7 Å². The minimum absolute atomic E-state index is 0.0981. The molecule has 4 aromatic rings. The number of thioether (sulfide) groups is 1. The van der Waals surface area contributed by atoms with E-state index < -0.39 is 0 Å². The van der Waals surface area contributed by atoms with Gasteiger partial charge in [-0.2, -0.15) is 0 Å². The molecule has 0 bridgehead atoms. The number of carbonyl (C=O) groups is 1. The van der Waals surface area contributed by atoms with Crippen molar-refractivity contribution in [3.63, 3.8) is 0 Å². The fourth-order valence-electron chi connectivity index (χ4n) is 3.45.